The molecule has 1 aromatic carbocycles. The monoisotopic (exact) mass is 216 g/mol. The van der Waals surface area contributed by atoms with Gasteiger partial charge in [0.05, 0.1) is 5.92 Å². The van der Waals surface area contributed by atoms with E-state index in [0.717, 1.165) is 12.8 Å². The Hall–Kier alpha value is -1.31. The highest BCUT2D eigenvalue weighted by Crippen LogP contribution is 2.63. The van der Waals surface area contributed by atoms with Crippen LogP contribution in [0.1, 0.15) is 37.2 Å². The van der Waals surface area contributed by atoms with Crippen LogP contribution >= 0.6 is 0 Å². The van der Waals surface area contributed by atoms with Gasteiger partial charge in [0.1, 0.15) is 0 Å². The topological polar surface area (TPSA) is 37.3 Å². The fraction of sp³-hybridized carbons (Fsp3) is 0.500. The fourth-order valence-electron chi connectivity index (χ4n) is 3.44. The molecule has 1 spiro atoms. The summed E-state index contributed by atoms with van der Waals surface area (Å²) in [5, 5.41) is 8.87. The maximum Gasteiger partial charge on any atom is 0.306 e. The van der Waals surface area contributed by atoms with Crippen LogP contribution in [0.5, 0.6) is 0 Å². The van der Waals surface area contributed by atoms with E-state index in [9.17, 15) is 4.79 Å². The molecule has 16 heavy (non-hydrogen) atoms. The van der Waals surface area contributed by atoms with Crippen molar-refractivity contribution in [1.29, 1.82) is 0 Å². The molecule has 1 aromatic rings. The van der Waals surface area contributed by atoms with Crippen molar-refractivity contribution in [2.24, 2.45) is 11.3 Å². The van der Waals surface area contributed by atoms with Gasteiger partial charge < -0.3 is 5.11 Å². The van der Waals surface area contributed by atoms with Gasteiger partial charge in [0.15, 0.2) is 0 Å². The van der Waals surface area contributed by atoms with E-state index < -0.39 is 5.97 Å². The first-order chi connectivity index (χ1) is 7.69. The quantitative estimate of drug-likeness (QED) is 0.825. The van der Waals surface area contributed by atoms with Gasteiger partial charge in [0.25, 0.3) is 0 Å². The van der Waals surface area contributed by atoms with Gasteiger partial charge in [-0.3, -0.25) is 4.79 Å². The third-order valence-electron chi connectivity index (χ3n) is 4.34. The number of rotatable bonds is 2. The Morgan fingerprint density at radius 2 is 1.75 bits per heavy atom. The summed E-state index contributed by atoms with van der Waals surface area (Å²) in [6.07, 6.45) is 4.21. The summed E-state index contributed by atoms with van der Waals surface area (Å²) < 4.78 is 0. The third kappa shape index (κ3) is 1.44. The normalized spacial score (nSPS) is 36.5. The lowest BCUT2D eigenvalue weighted by Gasteiger charge is -2.57. The van der Waals surface area contributed by atoms with Crippen LogP contribution in [-0.4, -0.2) is 11.1 Å². The number of benzene rings is 1. The summed E-state index contributed by atoms with van der Waals surface area (Å²) in [4.78, 5) is 10.8. The van der Waals surface area contributed by atoms with E-state index in [0.29, 0.717) is 11.3 Å². The molecule has 2 saturated carbocycles. The first-order valence-corrected chi connectivity index (χ1v) is 5.96. The summed E-state index contributed by atoms with van der Waals surface area (Å²) in [6, 6.07) is 10.6. The lowest BCUT2D eigenvalue weighted by Crippen LogP contribution is -2.48. The van der Waals surface area contributed by atoms with Gasteiger partial charge in [-0.05, 0) is 42.6 Å². The molecule has 0 unspecified atom stereocenters. The lowest BCUT2D eigenvalue weighted by atomic mass is 9.47. The smallest absolute Gasteiger partial charge is 0.306 e. The molecule has 0 aliphatic heterocycles. The van der Waals surface area contributed by atoms with E-state index in [1.807, 2.05) is 6.07 Å². The maximum atomic E-state index is 10.8. The molecule has 0 amide bonds. The van der Waals surface area contributed by atoms with E-state index >= 15 is 0 Å². The summed E-state index contributed by atoms with van der Waals surface area (Å²) in [6.45, 7) is 0. The zero-order valence-corrected chi connectivity index (χ0v) is 9.23. The van der Waals surface area contributed by atoms with Crippen molar-refractivity contribution in [3.63, 3.8) is 0 Å². The summed E-state index contributed by atoms with van der Waals surface area (Å²) >= 11 is 0. The van der Waals surface area contributed by atoms with Crippen molar-refractivity contribution in [2.45, 2.75) is 31.6 Å². The number of aliphatic carboxylic acids is 1. The van der Waals surface area contributed by atoms with Crippen molar-refractivity contribution < 1.29 is 9.90 Å². The second-order valence-electron chi connectivity index (χ2n) is 5.46. The fourth-order valence-corrected chi connectivity index (χ4v) is 3.44. The van der Waals surface area contributed by atoms with Crippen molar-refractivity contribution in [1.82, 2.24) is 0 Å². The van der Waals surface area contributed by atoms with Crippen LogP contribution in [0.4, 0.5) is 0 Å². The number of hydrogen-bond acceptors (Lipinski definition) is 1. The SMILES string of the molecule is O=C(O)C1CC2(C1)CC(c1ccccc1)C2. The molecule has 0 radical (unpaired) electrons. The highest BCUT2D eigenvalue weighted by molar-refractivity contribution is 5.71. The minimum Gasteiger partial charge on any atom is -0.481 e. The van der Waals surface area contributed by atoms with E-state index in [4.69, 9.17) is 5.11 Å². The van der Waals surface area contributed by atoms with Crippen LogP contribution in [0.3, 0.4) is 0 Å². The molecule has 1 N–H and O–H groups in total. The molecule has 2 aliphatic rings. The Bertz CT molecular complexity index is 396. The molecule has 0 heterocycles. The standard InChI is InChI=1S/C14H16O2/c15-13(16)12-8-14(9-12)6-11(7-14)10-4-2-1-3-5-10/h1-5,11-12H,6-9H2,(H,15,16). The number of carboxylic acid groups (broad SMARTS) is 1. The molecule has 2 fully saturated rings. The maximum absolute atomic E-state index is 10.8. The Kier molecular flexibility index (Phi) is 2.06. The largest absolute Gasteiger partial charge is 0.481 e. The van der Waals surface area contributed by atoms with E-state index in [2.05, 4.69) is 24.3 Å². The summed E-state index contributed by atoms with van der Waals surface area (Å²) in [7, 11) is 0. The van der Waals surface area contributed by atoms with Gasteiger partial charge in [0, 0.05) is 0 Å². The summed E-state index contributed by atoms with van der Waals surface area (Å²) in [5.41, 5.74) is 1.82. The second-order valence-corrected chi connectivity index (χ2v) is 5.46. The van der Waals surface area contributed by atoms with E-state index in [-0.39, 0.29) is 5.92 Å². The second kappa shape index (κ2) is 3.34. The van der Waals surface area contributed by atoms with Crippen LogP contribution in [0.25, 0.3) is 0 Å². The van der Waals surface area contributed by atoms with Gasteiger partial charge in [-0.25, -0.2) is 0 Å². The van der Waals surface area contributed by atoms with Crippen LogP contribution in [-0.2, 0) is 4.79 Å². The molecule has 2 nitrogen and oxygen atoms in total. The highest BCUT2D eigenvalue weighted by Gasteiger charge is 2.54. The zero-order chi connectivity index (χ0) is 11.2. The summed E-state index contributed by atoms with van der Waals surface area (Å²) in [5.74, 6) is 0.0152. The average molecular weight is 216 g/mol. The van der Waals surface area contributed by atoms with Gasteiger partial charge in [-0.2, -0.15) is 0 Å². The lowest BCUT2D eigenvalue weighted by molar-refractivity contribution is -0.155. The molecule has 0 saturated heterocycles. The first-order valence-electron chi connectivity index (χ1n) is 5.96. The first kappa shape index (κ1) is 9.88. The molecular formula is C14H16O2. The van der Waals surface area contributed by atoms with Gasteiger partial charge in [-0.1, -0.05) is 30.3 Å². The molecule has 0 aromatic heterocycles. The van der Waals surface area contributed by atoms with Crippen LogP contribution < -0.4 is 0 Å². The Morgan fingerprint density at radius 3 is 2.31 bits per heavy atom. The molecule has 2 heteroatoms. The van der Waals surface area contributed by atoms with E-state index in [1.165, 1.54) is 18.4 Å². The molecule has 3 rings (SSSR count). The van der Waals surface area contributed by atoms with Crippen molar-refractivity contribution >= 4 is 5.97 Å². The van der Waals surface area contributed by atoms with Gasteiger partial charge >= 0.3 is 5.97 Å². The molecule has 2 aliphatic carbocycles. The predicted molar refractivity (Wildman–Crippen MR) is 61.2 cm³/mol. The van der Waals surface area contributed by atoms with Crippen molar-refractivity contribution in [2.75, 3.05) is 0 Å². The third-order valence-corrected chi connectivity index (χ3v) is 4.34. The Balaban J connectivity index is 1.59. The zero-order valence-electron chi connectivity index (χ0n) is 9.23. The minimum absolute atomic E-state index is 0.0586. The highest BCUT2D eigenvalue weighted by atomic mass is 16.4. The molecule has 0 atom stereocenters. The van der Waals surface area contributed by atoms with E-state index in [1.54, 1.807) is 0 Å². The Morgan fingerprint density at radius 1 is 1.12 bits per heavy atom. The van der Waals surface area contributed by atoms with Crippen molar-refractivity contribution in [3.05, 3.63) is 35.9 Å². The van der Waals surface area contributed by atoms with Gasteiger partial charge in [0.2, 0.25) is 0 Å². The number of hydrogen-bond donors (Lipinski definition) is 1. The molecule has 84 valence electrons. The van der Waals surface area contributed by atoms with Crippen molar-refractivity contribution in [3.8, 4) is 0 Å². The van der Waals surface area contributed by atoms with Crippen LogP contribution in [0.15, 0.2) is 30.3 Å². The Labute approximate surface area is 95.3 Å². The minimum atomic E-state index is -0.603. The number of carboxylic acids is 1. The molecular weight excluding hydrogens is 200 g/mol. The van der Waals surface area contributed by atoms with Crippen LogP contribution in [0, 0.1) is 11.3 Å². The number of carbonyl (C=O) groups is 1. The van der Waals surface area contributed by atoms with Gasteiger partial charge in [-0.15, -0.1) is 0 Å². The molecule has 0 bridgehead atoms. The average Bonchev–Trinajstić information content (AvgIpc) is 2.14. The predicted octanol–water partition coefficient (Wildman–Crippen LogP) is 3.05. The van der Waals surface area contributed by atoms with Crippen LogP contribution in [0.2, 0.25) is 0 Å².